The van der Waals surface area contributed by atoms with Crippen LogP contribution in [0.25, 0.3) is 0 Å². The van der Waals surface area contributed by atoms with E-state index in [1.807, 2.05) is 42.5 Å². The lowest BCUT2D eigenvalue weighted by molar-refractivity contribution is 0.282. The van der Waals surface area contributed by atoms with Gasteiger partial charge >= 0.3 is 0 Å². The van der Waals surface area contributed by atoms with Gasteiger partial charge in [0.2, 0.25) is 0 Å². The van der Waals surface area contributed by atoms with E-state index in [9.17, 15) is 4.39 Å². The number of hydrogen-bond acceptors (Lipinski definition) is 3. The zero-order valence-electron chi connectivity index (χ0n) is 17.7. The van der Waals surface area contributed by atoms with E-state index < -0.39 is 0 Å². The molecule has 2 aliphatic rings. The van der Waals surface area contributed by atoms with Gasteiger partial charge in [0, 0.05) is 21.0 Å². The van der Waals surface area contributed by atoms with Gasteiger partial charge < -0.3 is 14.8 Å². The first-order valence-electron chi connectivity index (χ1n) is 10.6. The number of nitrogens with one attached hydrogen (secondary N) is 1. The van der Waals surface area contributed by atoms with Crippen LogP contribution in [0.1, 0.15) is 35.1 Å². The van der Waals surface area contributed by atoms with E-state index in [2.05, 4.69) is 49.3 Å². The first-order chi connectivity index (χ1) is 16.0. The molecular weight excluding hydrogens is 573 g/mol. The highest BCUT2D eigenvalue weighted by Gasteiger charge is 2.39. The summed E-state index contributed by atoms with van der Waals surface area (Å²) in [6.45, 7) is 0.317. The van der Waals surface area contributed by atoms with Crippen molar-refractivity contribution in [2.45, 2.75) is 25.0 Å². The van der Waals surface area contributed by atoms with Gasteiger partial charge in [-0.15, -0.1) is 0 Å². The Labute approximate surface area is 214 Å². The van der Waals surface area contributed by atoms with Gasteiger partial charge in [0.05, 0.1) is 23.3 Å². The van der Waals surface area contributed by atoms with Gasteiger partial charge in [0.1, 0.15) is 12.4 Å². The minimum Gasteiger partial charge on any atom is -0.493 e. The molecule has 1 aliphatic heterocycles. The maximum atomic E-state index is 14.9. The van der Waals surface area contributed by atoms with Gasteiger partial charge in [-0.3, -0.25) is 0 Å². The molecule has 3 aromatic rings. The summed E-state index contributed by atoms with van der Waals surface area (Å²) in [6, 6.07) is 15.0. The Hall–Kier alpha value is -2.02. The van der Waals surface area contributed by atoms with Crippen LogP contribution in [-0.2, 0) is 6.61 Å². The summed E-state index contributed by atoms with van der Waals surface area (Å²) in [6.07, 6.45) is 5.29. The van der Waals surface area contributed by atoms with Gasteiger partial charge in [-0.2, -0.15) is 0 Å². The molecule has 1 N–H and O–H groups in total. The Morgan fingerprint density at radius 1 is 1.15 bits per heavy atom. The predicted molar refractivity (Wildman–Crippen MR) is 137 cm³/mol. The SMILES string of the molecule is COc1cc([C@@H]2Nc3c(F)cc(Br)cc3[C@H]3C=CC[C@@H]32)cc(Br)c1OCc1ccccc1Cl. The molecule has 3 nitrogen and oxygen atoms in total. The second-order valence-electron chi connectivity index (χ2n) is 8.24. The van der Waals surface area contributed by atoms with Crippen molar-refractivity contribution >= 4 is 49.1 Å². The van der Waals surface area contributed by atoms with Gasteiger partial charge in [-0.1, -0.05) is 57.9 Å². The van der Waals surface area contributed by atoms with Crippen molar-refractivity contribution in [2.75, 3.05) is 12.4 Å². The summed E-state index contributed by atoms with van der Waals surface area (Å²) in [7, 11) is 1.62. The molecule has 5 rings (SSSR count). The maximum Gasteiger partial charge on any atom is 0.175 e. The fourth-order valence-electron chi connectivity index (χ4n) is 4.78. The summed E-state index contributed by atoms with van der Waals surface area (Å²) in [5.74, 6) is 1.39. The number of methoxy groups -OCH3 is 1. The van der Waals surface area contributed by atoms with Crippen molar-refractivity contribution in [3.05, 3.63) is 97.2 Å². The number of benzene rings is 3. The fraction of sp³-hybridized carbons (Fsp3) is 0.231. The largest absolute Gasteiger partial charge is 0.493 e. The van der Waals surface area contributed by atoms with Crippen molar-refractivity contribution in [3.63, 3.8) is 0 Å². The van der Waals surface area contributed by atoms with Crippen molar-refractivity contribution in [2.24, 2.45) is 5.92 Å². The number of halogens is 4. The minimum atomic E-state index is -0.256. The van der Waals surface area contributed by atoms with Crippen LogP contribution in [0.5, 0.6) is 11.5 Å². The van der Waals surface area contributed by atoms with Crippen LogP contribution in [0.3, 0.4) is 0 Å². The Morgan fingerprint density at radius 3 is 2.76 bits per heavy atom. The number of ether oxygens (including phenoxy) is 2. The third kappa shape index (κ3) is 4.29. The average molecular weight is 594 g/mol. The second-order valence-corrected chi connectivity index (χ2v) is 10.4. The highest BCUT2D eigenvalue weighted by molar-refractivity contribution is 9.10. The van der Waals surface area contributed by atoms with Gasteiger partial charge in [0.15, 0.2) is 11.5 Å². The van der Waals surface area contributed by atoms with Crippen LogP contribution in [0.15, 0.2) is 69.6 Å². The summed E-state index contributed by atoms with van der Waals surface area (Å²) in [5, 5.41) is 4.13. The molecule has 0 saturated heterocycles. The summed E-state index contributed by atoms with van der Waals surface area (Å²) < 4.78 is 28.2. The lowest BCUT2D eigenvalue weighted by Gasteiger charge is -2.38. The quantitative estimate of drug-likeness (QED) is 0.301. The number of fused-ring (bicyclic) bond motifs is 3. The lowest BCUT2D eigenvalue weighted by Crippen LogP contribution is -2.29. The summed E-state index contributed by atoms with van der Waals surface area (Å²) in [4.78, 5) is 0. The molecule has 0 aromatic heterocycles. The molecule has 0 amide bonds. The van der Waals surface area contributed by atoms with E-state index in [-0.39, 0.29) is 23.7 Å². The third-order valence-electron chi connectivity index (χ3n) is 6.33. The molecule has 1 aliphatic carbocycles. The fourth-order valence-corrected chi connectivity index (χ4v) is 5.99. The number of hydrogen-bond donors (Lipinski definition) is 1. The maximum absolute atomic E-state index is 14.9. The van der Waals surface area contributed by atoms with Crippen LogP contribution in [0.4, 0.5) is 10.1 Å². The molecule has 7 heteroatoms. The van der Waals surface area contributed by atoms with Crippen LogP contribution >= 0.6 is 43.5 Å². The number of allylic oxidation sites excluding steroid dienone is 2. The lowest BCUT2D eigenvalue weighted by atomic mass is 9.77. The van der Waals surface area contributed by atoms with Crippen molar-refractivity contribution in [3.8, 4) is 11.5 Å². The monoisotopic (exact) mass is 591 g/mol. The molecule has 33 heavy (non-hydrogen) atoms. The van der Waals surface area contributed by atoms with Gasteiger partial charge in [-0.05, 0) is 69.7 Å². The minimum absolute atomic E-state index is 0.0732. The van der Waals surface area contributed by atoms with E-state index in [1.165, 1.54) is 6.07 Å². The standard InChI is InChI=1S/C26H21Br2ClFNO2/c1-32-23-10-15(9-20(28)26(23)33-13-14-5-2-3-8-21(14)29)24-18-7-4-6-17(18)19-11-16(27)12-22(30)25(19)31-24/h2-6,8-12,17-18,24,31H,7,13H2,1H3/t17-,18-,24-/m0/s1. The molecule has 0 bridgehead atoms. The Morgan fingerprint density at radius 2 is 1.97 bits per heavy atom. The molecule has 0 unspecified atom stereocenters. The van der Waals surface area contributed by atoms with Crippen molar-refractivity contribution in [1.82, 2.24) is 0 Å². The third-order valence-corrected chi connectivity index (χ3v) is 7.74. The topological polar surface area (TPSA) is 30.5 Å². The molecular formula is C26H21Br2ClFNO2. The zero-order valence-corrected chi connectivity index (χ0v) is 21.7. The first-order valence-corrected chi connectivity index (χ1v) is 12.6. The van der Waals surface area contributed by atoms with Crippen LogP contribution < -0.4 is 14.8 Å². The zero-order chi connectivity index (χ0) is 23.1. The smallest absolute Gasteiger partial charge is 0.175 e. The Bertz CT molecular complexity index is 1250. The molecule has 0 spiro atoms. The second kappa shape index (κ2) is 9.32. The van der Waals surface area contributed by atoms with E-state index in [1.54, 1.807) is 7.11 Å². The molecule has 0 saturated carbocycles. The van der Waals surface area contributed by atoms with Crippen LogP contribution in [0, 0.1) is 11.7 Å². The first kappa shape index (κ1) is 22.8. The number of anilines is 1. The van der Waals surface area contributed by atoms with E-state index >= 15 is 0 Å². The Kier molecular flexibility index (Phi) is 6.43. The highest BCUT2D eigenvalue weighted by Crippen LogP contribution is 2.52. The average Bonchev–Trinajstić information content (AvgIpc) is 3.29. The van der Waals surface area contributed by atoms with E-state index in [4.69, 9.17) is 21.1 Å². The molecule has 1 heterocycles. The van der Waals surface area contributed by atoms with E-state index in [0.717, 1.165) is 32.1 Å². The molecule has 170 valence electrons. The molecule has 0 fully saturated rings. The molecule has 3 atom stereocenters. The summed E-state index contributed by atoms with van der Waals surface area (Å²) in [5.41, 5.74) is 3.45. The summed E-state index contributed by atoms with van der Waals surface area (Å²) >= 11 is 13.4. The molecule has 0 radical (unpaired) electrons. The van der Waals surface area contributed by atoms with Crippen molar-refractivity contribution < 1.29 is 13.9 Å². The highest BCUT2D eigenvalue weighted by atomic mass is 79.9. The van der Waals surface area contributed by atoms with Crippen LogP contribution in [0.2, 0.25) is 5.02 Å². The van der Waals surface area contributed by atoms with E-state index in [0.29, 0.717) is 28.8 Å². The molecule has 3 aromatic carbocycles. The predicted octanol–water partition coefficient (Wildman–Crippen LogP) is 8.42. The van der Waals surface area contributed by atoms with Gasteiger partial charge in [-0.25, -0.2) is 4.39 Å². The number of rotatable bonds is 5. The van der Waals surface area contributed by atoms with Crippen molar-refractivity contribution in [1.29, 1.82) is 0 Å². The Balaban J connectivity index is 1.48. The normalized spacial score (nSPS) is 20.7. The van der Waals surface area contributed by atoms with Crippen LogP contribution in [-0.4, -0.2) is 7.11 Å². The van der Waals surface area contributed by atoms with Gasteiger partial charge in [0.25, 0.3) is 0 Å².